The van der Waals surface area contributed by atoms with Gasteiger partial charge in [0.1, 0.15) is 18.2 Å². The summed E-state index contributed by atoms with van der Waals surface area (Å²) >= 11 is 0. The van der Waals surface area contributed by atoms with Crippen molar-refractivity contribution in [3.63, 3.8) is 0 Å². The van der Waals surface area contributed by atoms with Crippen molar-refractivity contribution in [3.05, 3.63) is 41.7 Å². The van der Waals surface area contributed by atoms with E-state index in [1.165, 1.54) is 6.07 Å². The monoisotopic (exact) mass is 303 g/mol. The summed E-state index contributed by atoms with van der Waals surface area (Å²) in [4.78, 5) is 4.26. The number of hydrogen-bond donors (Lipinski definition) is 0. The summed E-state index contributed by atoms with van der Waals surface area (Å²) < 4.78 is 30.0. The Morgan fingerprint density at radius 1 is 1.14 bits per heavy atom. The lowest BCUT2D eigenvalue weighted by atomic mass is 10.2. The second-order valence-electron chi connectivity index (χ2n) is 4.54. The van der Waals surface area contributed by atoms with Crippen LogP contribution >= 0.6 is 0 Å². The van der Waals surface area contributed by atoms with Crippen LogP contribution in [0.3, 0.4) is 0 Å². The zero-order valence-electron chi connectivity index (χ0n) is 12.2. The Labute approximate surface area is 126 Å². The molecule has 0 radical (unpaired) electrons. The highest BCUT2D eigenvalue weighted by Crippen LogP contribution is 2.29. The fourth-order valence-corrected chi connectivity index (χ4v) is 1.94. The number of halogens is 1. The molecule has 2 aromatic heterocycles. The van der Waals surface area contributed by atoms with E-state index in [-0.39, 0.29) is 24.0 Å². The molecule has 0 saturated heterocycles. The van der Waals surface area contributed by atoms with Crippen molar-refractivity contribution in [1.82, 2.24) is 15.2 Å². The molecule has 3 aromatic rings. The normalized spacial score (nSPS) is 11.0. The molecule has 2 heterocycles. The van der Waals surface area contributed by atoms with Crippen molar-refractivity contribution in [3.8, 4) is 23.0 Å². The Hall–Kier alpha value is -2.54. The van der Waals surface area contributed by atoms with Gasteiger partial charge >= 0.3 is 0 Å². The molecule has 0 fully saturated rings. The quantitative estimate of drug-likeness (QED) is 0.719. The molecule has 0 saturated carbocycles. The number of oxazole rings is 1. The van der Waals surface area contributed by atoms with Gasteiger partial charge in [-0.15, -0.1) is 10.2 Å². The average Bonchev–Trinajstić information content (AvgIpc) is 3.12. The van der Waals surface area contributed by atoms with Gasteiger partial charge in [-0.2, -0.15) is 0 Å². The van der Waals surface area contributed by atoms with Gasteiger partial charge in [0.2, 0.25) is 11.8 Å². The van der Waals surface area contributed by atoms with E-state index in [9.17, 15) is 4.39 Å². The van der Waals surface area contributed by atoms with Crippen molar-refractivity contribution in [2.24, 2.45) is 0 Å². The number of rotatable bonds is 5. The van der Waals surface area contributed by atoms with E-state index >= 15 is 0 Å². The van der Waals surface area contributed by atoms with Crippen LogP contribution in [0, 0.1) is 12.7 Å². The van der Waals surface area contributed by atoms with Crippen LogP contribution in [0.5, 0.6) is 0 Å². The van der Waals surface area contributed by atoms with Crippen LogP contribution in [0.15, 0.2) is 33.1 Å². The fourth-order valence-electron chi connectivity index (χ4n) is 1.94. The van der Waals surface area contributed by atoms with Gasteiger partial charge in [0.05, 0.1) is 5.56 Å². The zero-order valence-corrected chi connectivity index (χ0v) is 12.2. The van der Waals surface area contributed by atoms with Crippen molar-refractivity contribution in [2.75, 3.05) is 6.61 Å². The lowest BCUT2D eigenvalue weighted by Crippen LogP contribution is -1.91. The maximum absolute atomic E-state index is 13.8. The first-order valence-corrected chi connectivity index (χ1v) is 6.82. The van der Waals surface area contributed by atoms with Gasteiger partial charge in [-0.25, -0.2) is 9.37 Å². The summed E-state index contributed by atoms with van der Waals surface area (Å²) in [5.41, 5.74) is 0.680. The molecule has 0 aliphatic carbocycles. The molecule has 0 aliphatic rings. The standard InChI is InChI=1S/C15H14FN3O3/c1-3-20-8-12-18-19-15(22-12)13-9(2)21-14(17-13)10-6-4-5-7-11(10)16/h4-7H,3,8H2,1-2H3. The molecule has 0 amide bonds. The largest absolute Gasteiger partial charge is 0.440 e. The highest BCUT2D eigenvalue weighted by atomic mass is 19.1. The Bertz CT molecular complexity index is 782. The molecule has 0 N–H and O–H groups in total. The van der Waals surface area contributed by atoms with Gasteiger partial charge in [0, 0.05) is 6.61 Å². The molecule has 0 unspecified atom stereocenters. The van der Waals surface area contributed by atoms with E-state index < -0.39 is 5.82 Å². The minimum absolute atomic E-state index is 0.176. The van der Waals surface area contributed by atoms with Crippen LogP contribution in [-0.2, 0) is 11.3 Å². The van der Waals surface area contributed by atoms with Gasteiger partial charge in [-0.1, -0.05) is 12.1 Å². The van der Waals surface area contributed by atoms with Gasteiger partial charge in [0.25, 0.3) is 5.89 Å². The molecule has 1 aromatic carbocycles. The predicted octanol–water partition coefficient (Wildman–Crippen LogP) is 3.38. The van der Waals surface area contributed by atoms with E-state index in [1.54, 1.807) is 25.1 Å². The molecule has 22 heavy (non-hydrogen) atoms. The zero-order chi connectivity index (χ0) is 15.5. The van der Waals surface area contributed by atoms with Gasteiger partial charge in [-0.3, -0.25) is 0 Å². The SMILES string of the molecule is CCOCc1nnc(-c2nc(-c3ccccc3F)oc2C)o1. The summed E-state index contributed by atoms with van der Waals surface area (Å²) in [6.07, 6.45) is 0. The first-order valence-electron chi connectivity index (χ1n) is 6.82. The minimum Gasteiger partial charge on any atom is -0.440 e. The molecule has 0 bridgehead atoms. The van der Waals surface area contributed by atoms with Crippen molar-refractivity contribution in [1.29, 1.82) is 0 Å². The fraction of sp³-hybridized carbons (Fsp3) is 0.267. The van der Waals surface area contributed by atoms with Crippen LogP contribution in [0.25, 0.3) is 23.0 Å². The molecule has 0 spiro atoms. The number of benzene rings is 1. The Kier molecular flexibility index (Phi) is 3.97. The number of hydrogen-bond acceptors (Lipinski definition) is 6. The van der Waals surface area contributed by atoms with Crippen LogP contribution < -0.4 is 0 Å². The summed E-state index contributed by atoms with van der Waals surface area (Å²) in [5, 5.41) is 7.79. The third kappa shape index (κ3) is 2.75. The number of ether oxygens (including phenoxy) is 1. The van der Waals surface area contributed by atoms with E-state index in [1.807, 2.05) is 6.92 Å². The van der Waals surface area contributed by atoms with E-state index in [0.717, 1.165) is 0 Å². The minimum atomic E-state index is -0.405. The predicted molar refractivity (Wildman–Crippen MR) is 75.3 cm³/mol. The smallest absolute Gasteiger partial charge is 0.270 e. The molecule has 114 valence electrons. The summed E-state index contributed by atoms with van der Waals surface area (Å²) in [5.74, 6) is 0.822. The van der Waals surface area contributed by atoms with E-state index in [4.69, 9.17) is 13.6 Å². The first kappa shape index (κ1) is 14.4. The lowest BCUT2D eigenvalue weighted by Gasteiger charge is -1.95. The van der Waals surface area contributed by atoms with Crippen LogP contribution in [0.1, 0.15) is 18.6 Å². The summed E-state index contributed by atoms with van der Waals surface area (Å²) in [6, 6.07) is 6.26. The van der Waals surface area contributed by atoms with Gasteiger partial charge < -0.3 is 13.6 Å². The first-order chi connectivity index (χ1) is 10.7. The summed E-state index contributed by atoms with van der Waals surface area (Å²) in [7, 11) is 0. The Morgan fingerprint density at radius 3 is 2.73 bits per heavy atom. The van der Waals surface area contributed by atoms with Gasteiger partial charge in [0.15, 0.2) is 5.69 Å². The van der Waals surface area contributed by atoms with Crippen LogP contribution in [0.2, 0.25) is 0 Å². The van der Waals surface area contributed by atoms with Crippen LogP contribution in [-0.4, -0.2) is 21.8 Å². The third-order valence-electron chi connectivity index (χ3n) is 3.00. The lowest BCUT2D eigenvalue weighted by molar-refractivity contribution is 0.115. The Morgan fingerprint density at radius 2 is 1.95 bits per heavy atom. The average molecular weight is 303 g/mol. The second kappa shape index (κ2) is 6.07. The molecular formula is C15H14FN3O3. The molecule has 0 atom stereocenters. The van der Waals surface area contributed by atoms with E-state index in [2.05, 4.69) is 15.2 Å². The number of nitrogens with zero attached hydrogens (tertiary/aromatic N) is 3. The van der Waals surface area contributed by atoms with Gasteiger partial charge in [-0.05, 0) is 26.0 Å². The highest BCUT2D eigenvalue weighted by Gasteiger charge is 2.20. The topological polar surface area (TPSA) is 74.2 Å². The molecule has 3 rings (SSSR count). The number of aryl methyl sites for hydroxylation is 1. The molecule has 7 heteroatoms. The maximum atomic E-state index is 13.8. The molecule has 0 aliphatic heterocycles. The van der Waals surface area contributed by atoms with Crippen LogP contribution in [0.4, 0.5) is 4.39 Å². The van der Waals surface area contributed by atoms with E-state index in [0.29, 0.717) is 24.0 Å². The van der Waals surface area contributed by atoms with Crippen molar-refractivity contribution in [2.45, 2.75) is 20.5 Å². The second-order valence-corrected chi connectivity index (χ2v) is 4.54. The van der Waals surface area contributed by atoms with Crippen molar-refractivity contribution >= 4 is 0 Å². The molecular weight excluding hydrogens is 289 g/mol. The maximum Gasteiger partial charge on any atom is 0.270 e. The Balaban J connectivity index is 1.93. The number of aromatic nitrogens is 3. The molecule has 6 nitrogen and oxygen atoms in total. The van der Waals surface area contributed by atoms with Crippen molar-refractivity contribution < 1.29 is 18.0 Å². The third-order valence-corrected chi connectivity index (χ3v) is 3.00. The highest BCUT2D eigenvalue weighted by molar-refractivity contribution is 5.60. The summed E-state index contributed by atoms with van der Waals surface area (Å²) in [6.45, 7) is 4.37.